The van der Waals surface area contributed by atoms with Crippen molar-refractivity contribution >= 4 is 17.8 Å². The van der Waals surface area contributed by atoms with Gasteiger partial charge in [-0.05, 0) is 29.3 Å². The first-order valence-corrected chi connectivity index (χ1v) is 6.71. The summed E-state index contributed by atoms with van der Waals surface area (Å²) < 4.78 is 0. The highest BCUT2D eigenvalue weighted by molar-refractivity contribution is 5.89. The fourth-order valence-electron chi connectivity index (χ4n) is 1.87. The molecule has 1 radical (unpaired) electrons. The smallest absolute Gasteiger partial charge is 0.319 e. The fourth-order valence-corrected chi connectivity index (χ4v) is 1.87. The summed E-state index contributed by atoms with van der Waals surface area (Å²) in [4.78, 5) is 11.8. The van der Waals surface area contributed by atoms with Gasteiger partial charge in [-0.25, -0.2) is 9.90 Å². The van der Waals surface area contributed by atoms with E-state index in [1.165, 1.54) is 0 Å². The summed E-state index contributed by atoms with van der Waals surface area (Å²) >= 11 is 0. The summed E-state index contributed by atoms with van der Waals surface area (Å²) in [5, 5.41) is 16.0. The standard InChI is InChI=1S/C17H17N2O2/c20-11-5-8-14-6-4-7-15(12-14)13-18-17(21)19-16-9-2-1-3-10-16/h1-10,12H,11,13H2,(H2,18,19,21). The molecule has 0 spiro atoms. The molecule has 0 aliphatic rings. The lowest BCUT2D eigenvalue weighted by Crippen LogP contribution is -2.28. The van der Waals surface area contributed by atoms with Crippen molar-refractivity contribution in [1.82, 2.24) is 5.32 Å². The third-order valence-corrected chi connectivity index (χ3v) is 2.84. The van der Waals surface area contributed by atoms with Gasteiger partial charge in [-0.2, -0.15) is 0 Å². The minimum absolute atomic E-state index is 0.234. The first-order valence-electron chi connectivity index (χ1n) is 6.71. The second-order valence-corrected chi connectivity index (χ2v) is 4.49. The zero-order valence-corrected chi connectivity index (χ0v) is 11.6. The maximum atomic E-state index is 11.8. The Hall–Kier alpha value is -2.59. The van der Waals surface area contributed by atoms with Crippen LogP contribution in [0.25, 0.3) is 6.08 Å². The molecule has 2 N–H and O–H groups in total. The van der Waals surface area contributed by atoms with Crippen LogP contribution in [0, 0.1) is 0 Å². The Labute approximate surface area is 124 Å². The van der Waals surface area contributed by atoms with Crippen LogP contribution < -0.4 is 10.6 Å². The van der Waals surface area contributed by atoms with Crippen molar-refractivity contribution in [3.05, 3.63) is 71.8 Å². The lowest BCUT2D eigenvalue weighted by molar-refractivity contribution is 0.233. The van der Waals surface area contributed by atoms with Gasteiger partial charge in [0.2, 0.25) is 0 Å². The fraction of sp³-hybridized carbons (Fsp3) is 0.118. The van der Waals surface area contributed by atoms with Crippen molar-refractivity contribution in [1.29, 1.82) is 0 Å². The van der Waals surface area contributed by atoms with E-state index in [0.717, 1.165) is 16.8 Å². The lowest BCUT2D eigenvalue weighted by Gasteiger charge is -2.08. The molecule has 0 bridgehead atoms. The molecule has 107 valence electrons. The summed E-state index contributed by atoms with van der Waals surface area (Å²) in [5.41, 5.74) is 2.68. The van der Waals surface area contributed by atoms with E-state index < -0.39 is 0 Å². The quantitative estimate of drug-likeness (QED) is 0.866. The molecule has 2 aromatic rings. The minimum atomic E-state index is -0.248. The highest BCUT2D eigenvalue weighted by Gasteiger charge is 2.01. The summed E-state index contributed by atoms with van der Waals surface area (Å²) in [6.45, 7) is 0.194. The molecule has 0 saturated heterocycles. The molecule has 0 aliphatic carbocycles. The Bertz CT molecular complexity index is 609. The van der Waals surface area contributed by atoms with Gasteiger partial charge in [0.05, 0.1) is 0 Å². The summed E-state index contributed by atoms with van der Waals surface area (Å²) in [7, 11) is 0. The third-order valence-electron chi connectivity index (χ3n) is 2.84. The van der Waals surface area contributed by atoms with E-state index in [4.69, 9.17) is 0 Å². The maximum absolute atomic E-state index is 11.8. The topological polar surface area (TPSA) is 61.0 Å². The number of hydrogen-bond acceptors (Lipinski definition) is 1. The van der Waals surface area contributed by atoms with E-state index in [2.05, 4.69) is 10.6 Å². The number of amides is 2. The van der Waals surface area contributed by atoms with Gasteiger partial charge in [0.1, 0.15) is 6.61 Å². The van der Waals surface area contributed by atoms with Crippen molar-refractivity contribution in [2.24, 2.45) is 0 Å². The SMILES string of the molecule is [O]CC=Cc1cccc(CNC(=O)Nc2ccccc2)c1. The number of nitrogens with one attached hydrogen (secondary N) is 2. The van der Waals surface area contributed by atoms with Gasteiger partial charge in [0, 0.05) is 12.2 Å². The average molecular weight is 281 g/mol. The van der Waals surface area contributed by atoms with Crippen molar-refractivity contribution in [3.8, 4) is 0 Å². The van der Waals surface area contributed by atoms with Crippen LogP contribution in [0.5, 0.6) is 0 Å². The zero-order valence-electron chi connectivity index (χ0n) is 11.6. The Morgan fingerprint density at radius 3 is 2.62 bits per heavy atom. The Morgan fingerprint density at radius 2 is 1.86 bits per heavy atom. The van der Waals surface area contributed by atoms with Crippen LogP contribution in [0.3, 0.4) is 0 Å². The van der Waals surface area contributed by atoms with Gasteiger partial charge in [0.25, 0.3) is 0 Å². The Kier molecular flexibility index (Phi) is 5.55. The van der Waals surface area contributed by atoms with Crippen LogP contribution in [-0.2, 0) is 11.7 Å². The van der Waals surface area contributed by atoms with Gasteiger partial charge in [-0.15, -0.1) is 0 Å². The first-order chi connectivity index (χ1) is 10.3. The number of hydrogen-bond donors (Lipinski definition) is 2. The number of anilines is 1. The number of urea groups is 1. The maximum Gasteiger partial charge on any atom is 0.319 e. The largest absolute Gasteiger partial charge is 0.334 e. The molecular formula is C17H17N2O2. The Balaban J connectivity index is 1.88. The van der Waals surface area contributed by atoms with Crippen LogP contribution >= 0.6 is 0 Å². The van der Waals surface area contributed by atoms with Crippen molar-refractivity contribution < 1.29 is 9.90 Å². The van der Waals surface area contributed by atoms with Gasteiger partial charge in [0.15, 0.2) is 0 Å². The van der Waals surface area contributed by atoms with Crippen molar-refractivity contribution in [2.45, 2.75) is 6.54 Å². The molecule has 0 fully saturated rings. The molecule has 0 saturated carbocycles. The van der Waals surface area contributed by atoms with Crippen molar-refractivity contribution in [2.75, 3.05) is 11.9 Å². The van der Waals surface area contributed by atoms with Crippen LogP contribution in [0.4, 0.5) is 10.5 Å². The minimum Gasteiger partial charge on any atom is -0.334 e. The molecule has 2 rings (SSSR count). The molecule has 21 heavy (non-hydrogen) atoms. The number of carbonyl (C=O) groups is 1. The van der Waals surface area contributed by atoms with Crippen LogP contribution in [0.15, 0.2) is 60.7 Å². The normalized spacial score (nSPS) is 10.5. The molecule has 0 unspecified atom stereocenters. The average Bonchev–Trinajstić information content (AvgIpc) is 2.52. The summed E-state index contributed by atoms with van der Waals surface area (Å²) in [5.74, 6) is 0. The molecule has 0 aliphatic heterocycles. The number of carbonyl (C=O) groups excluding carboxylic acids is 1. The monoisotopic (exact) mass is 281 g/mol. The predicted octanol–water partition coefficient (Wildman–Crippen LogP) is 3.45. The highest BCUT2D eigenvalue weighted by Crippen LogP contribution is 2.08. The summed E-state index contributed by atoms with van der Waals surface area (Å²) in [6, 6.07) is 16.7. The van der Waals surface area contributed by atoms with Crippen molar-refractivity contribution in [3.63, 3.8) is 0 Å². The predicted molar refractivity (Wildman–Crippen MR) is 83.3 cm³/mol. The van der Waals surface area contributed by atoms with E-state index in [-0.39, 0.29) is 12.6 Å². The zero-order chi connectivity index (χ0) is 14.9. The molecule has 4 nitrogen and oxygen atoms in total. The van der Waals surface area contributed by atoms with E-state index >= 15 is 0 Å². The summed E-state index contributed by atoms with van der Waals surface area (Å²) in [6.07, 6.45) is 3.34. The second-order valence-electron chi connectivity index (χ2n) is 4.49. The van der Waals surface area contributed by atoms with Gasteiger partial charge in [-0.3, -0.25) is 0 Å². The van der Waals surface area contributed by atoms with E-state index in [9.17, 15) is 9.90 Å². The number of rotatable bonds is 5. The van der Waals surface area contributed by atoms with E-state index in [0.29, 0.717) is 6.54 Å². The molecule has 2 amide bonds. The van der Waals surface area contributed by atoms with Crippen LogP contribution in [0.1, 0.15) is 11.1 Å². The van der Waals surface area contributed by atoms with E-state index in [1.807, 2.05) is 54.6 Å². The molecule has 4 heteroatoms. The second kappa shape index (κ2) is 7.87. The molecule has 0 atom stereocenters. The molecule has 0 heterocycles. The highest BCUT2D eigenvalue weighted by atomic mass is 16.2. The molecule has 0 aromatic heterocycles. The van der Waals surface area contributed by atoms with E-state index in [1.54, 1.807) is 12.2 Å². The van der Waals surface area contributed by atoms with Gasteiger partial charge in [-0.1, -0.05) is 48.6 Å². The first kappa shape index (κ1) is 14.8. The van der Waals surface area contributed by atoms with Crippen LogP contribution in [0.2, 0.25) is 0 Å². The van der Waals surface area contributed by atoms with Crippen LogP contribution in [-0.4, -0.2) is 12.6 Å². The Morgan fingerprint density at radius 1 is 1.05 bits per heavy atom. The molecule has 2 aromatic carbocycles. The van der Waals surface area contributed by atoms with Gasteiger partial charge < -0.3 is 10.6 Å². The third kappa shape index (κ3) is 5.12. The lowest BCUT2D eigenvalue weighted by atomic mass is 10.1. The molecular weight excluding hydrogens is 264 g/mol. The number of para-hydroxylation sites is 1. The van der Waals surface area contributed by atoms with Gasteiger partial charge >= 0.3 is 6.03 Å². The number of benzene rings is 2.